The lowest BCUT2D eigenvalue weighted by atomic mass is 9.83. The Kier molecular flexibility index (Phi) is 8.51. The first-order chi connectivity index (χ1) is 17.7. The molecule has 2 atom stereocenters. The average Bonchev–Trinajstić information content (AvgIpc) is 3.22. The molecule has 4 rings (SSSR count). The van der Waals surface area contributed by atoms with Crippen molar-refractivity contribution in [2.45, 2.75) is 62.8 Å². The number of likely N-dealkylation sites (tertiary alicyclic amines) is 1. The van der Waals surface area contributed by atoms with Gasteiger partial charge in [-0.1, -0.05) is 42.5 Å². The predicted octanol–water partition coefficient (Wildman–Crippen LogP) is 3.85. The molecule has 9 nitrogen and oxygen atoms in total. The Bertz CT molecular complexity index is 1180. The lowest BCUT2D eigenvalue weighted by Crippen LogP contribution is -2.51. The number of methoxy groups -OCH3 is 1. The first kappa shape index (κ1) is 27.1. The molecule has 1 saturated heterocycles. The fraction of sp³-hybridized carbons (Fsp3) is 0.481. The van der Waals surface area contributed by atoms with E-state index in [0.717, 1.165) is 36.8 Å². The molecule has 1 heterocycles. The van der Waals surface area contributed by atoms with Gasteiger partial charge in [0.05, 0.1) is 38.2 Å². The number of sulfonamides is 1. The maximum absolute atomic E-state index is 12.8. The summed E-state index contributed by atoms with van der Waals surface area (Å²) >= 11 is 0. The smallest absolute Gasteiger partial charge is 0.414 e. The average molecular weight is 531 g/mol. The van der Waals surface area contributed by atoms with Gasteiger partial charge in [0, 0.05) is 13.0 Å². The van der Waals surface area contributed by atoms with Gasteiger partial charge in [-0.05, 0) is 54.9 Å². The maximum Gasteiger partial charge on any atom is 0.414 e. The van der Waals surface area contributed by atoms with Crippen LogP contribution in [0, 0.1) is 0 Å². The van der Waals surface area contributed by atoms with Crippen molar-refractivity contribution >= 4 is 22.0 Å². The monoisotopic (exact) mass is 530 g/mol. The second kappa shape index (κ2) is 11.6. The molecule has 2 amide bonds. The minimum absolute atomic E-state index is 0.00686. The molecule has 0 unspecified atom stereocenters. The Labute approximate surface area is 218 Å². The largest absolute Gasteiger partial charge is 0.497 e. The van der Waals surface area contributed by atoms with Crippen LogP contribution in [-0.4, -0.2) is 72.9 Å². The number of imide groups is 1. The van der Waals surface area contributed by atoms with E-state index in [1.165, 1.54) is 9.87 Å². The van der Waals surface area contributed by atoms with E-state index in [-0.39, 0.29) is 25.7 Å². The maximum atomic E-state index is 12.8. The van der Waals surface area contributed by atoms with Crippen molar-refractivity contribution in [3.63, 3.8) is 0 Å². The van der Waals surface area contributed by atoms with E-state index >= 15 is 0 Å². The van der Waals surface area contributed by atoms with Crippen LogP contribution in [0.1, 0.15) is 49.1 Å². The number of carbonyl (C=O) groups is 2. The fourth-order valence-electron chi connectivity index (χ4n) is 5.41. The van der Waals surface area contributed by atoms with Gasteiger partial charge in [-0.2, -0.15) is 4.31 Å². The summed E-state index contributed by atoms with van der Waals surface area (Å²) in [6.45, 7) is -0.0368. The molecule has 0 spiro atoms. The van der Waals surface area contributed by atoms with Crippen LogP contribution in [0.25, 0.3) is 0 Å². The van der Waals surface area contributed by atoms with E-state index in [9.17, 15) is 23.1 Å². The summed E-state index contributed by atoms with van der Waals surface area (Å²) in [6.07, 6.45) is 2.94. The highest BCUT2D eigenvalue weighted by Crippen LogP contribution is 2.35. The van der Waals surface area contributed by atoms with Gasteiger partial charge in [0.15, 0.2) is 0 Å². The predicted molar refractivity (Wildman–Crippen MR) is 138 cm³/mol. The zero-order valence-corrected chi connectivity index (χ0v) is 22.0. The summed E-state index contributed by atoms with van der Waals surface area (Å²) in [5, 5.41) is 9.77. The van der Waals surface area contributed by atoms with Gasteiger partial charge >= 0.3 is 6.09 Å². The van der Waals surface area contributed by atoms with Crippen molar-refractivity contribution < 1.29 is 32.6 Å². The number of benzene rings is 2. The molecule has 1 N–H and O–H groups in total. The molecule has 37 heavy (non-hydrogen) atoms. The van der Waals surface area contributed by atoms with Gasteiger partial charge in [0.1, 0.15) is 5.75 Å². The molecule has 2 fully saturated rings. The fourth-order valence-corrected chi connectivity index (χ4v) is 6.50. The van der Waals surface area contributed by atoms with Crippen LogP contribution in [0.5, 0.6) is 5.75 Å². The van der Waals surface area contributed by atoms with E-state index < -0.39 is 34.1 Å². The Morgan fingerprint density at radius 2 is 1.70 bits per heavy atom. The molecule has 0 aromatic heterocycles. The summed E-state index contributed by atoms with van der Waals surface area (Å²) in [4.78, 5) is 25.4. The van der Waals surface area contributed by atoms with E-state index in [4.69, 9.17) is 9.47 Å². The molecule has 10 heteroatoms. The Morgan fingerprint density at radius 3 is 2.27 bits per heavy atom. The van der Waals surface area contributed by atoms with Crippen LogP contribution < -0.4 is 4.74 Å². The van der Waals surface area contributed by atoms with Gasteiger partial charge < -0.3 is 14.6 Å². The molecule has 1 aliphatic carbocycles. The van der Waals surface area contributed by atoms with Gasteiger partial charge in [0.25, 0.3) is 0 Å². The number of rotatable bonds is 9. The summed E-state index contributed by atoms with van der Waals surface area (Å²) in [6, 6.07) is 15.5. The number of hydrogen-bond acceptors (Lipinski definition) is 6. The third-order valence-corrected chi connectivity index (χ3v) is 8.63. The Morgan fingerprint density at radius 1 is 1.05 bits per heavy atom. The summed E-state index contributed by atoms with van der Waals surface area (Å²) in [5.41, 5.74) is 2.01. The van der Waals surface area contributed by atoms with Crippen molar-refractivity contribution in [1.82, 2.24) is 9.21 Å². The highest BCUT2D eigenvalue weighted by atomic mass is 32.2. The van der Waals surface area contributed by atoms with Crippen molar-refractivity contribution in [3.8, 4) is 5.75 Å². The summed E-state index contributed by atoms with van der Waals surface area (Å²) in [5.74, 6) is 0.473. The van der Waals surface area contributed by atoms with Gasteiger partial charge in [0.2, 0.25) is 15.9 Å². The van der Waals surface area contributed by atoms with E-state index in [2.05, 4.69) is 12.1 Å². The van der Waals surface area contributed by atoms with E-state index in [0.29, 0.717) is 17.2 Å². The Balaban J connectivity index is 1.47. The van der Waals surface area contributed by atoms with E-state index in [1.807, 2.05) is 18.2 Å². The van der Waals surface area contributed by atoms with Crippen LogP contribution in [0.2, 0.25) is 0 Å². The molecule has 2 aromatic carbocycles. The molecular formula is C27H34N2O7S. The molecule has 2 aromatic rings. The molecule has 0 radical (unpaired) electrons. The van der Waals surface area contributed by atoms with Gasteiger partial charge in [-0.3, -0.25) is 4.79 Å². The van der Waals surface area contributed by atoms with Gasteiger partial charge in [-0.25, -0.2) is 18.1 Å². The quantitative estimate of drug-likeness (QED) is 0.524. The van der Waals surface area contributed by atoms with Gasteiger partial charge in [-0.15, -0.1) is 0 Å². The van der Waals surface area contributed by atoms with Crippen molar-refractivity contribution in [3.05, 3.63) is 65.7 Å². The number of amides is 2. The number of nitrogens with zero attached hydrogens (tertiary/aromatic N) is 2. The van der Waals surface area contributed by atoms with Crippen molar-refractivity contribution in [2.24, 2.45) is 0 Å². The van der Waals surface area contributed by atoms with Crippen molar-refractivity contribution in [1.29, 1.82) is 0 Å². The molecule has 1 aliphatic heterocycles. The third kappa shape index (κ3) is 6.49. The van der Waals surface area contributed by atoms with Crippen LogP contribution >= 0.6 is 0 Å². The molecular weight excluding hydrogens is 496 g/mol. The van der Waals surface area contributed by atoms with Crippen molar-refractivity contribution in [2.75, 3.05) is 20.0 Å². The first-order valence-corrected chi connectivity index (χ1v) is 14.3. The molecule has 2 aliphatic rings. The highest BCUT2D eigenvalue weighted by molar-refractivity contribution is 7.88. The molecule has 200 valence electrons. The second-order valence-corrected chi connectivity index (χ2v) is 11.7. The number of carboxylic acid groups (broad SMARTS) is 1. The minimum Gasteiger partial charge on any atom is -0.497 e. The zero-order chi connectivity index (χ0) is 26.6. The van der Waals surface area contributed by atoms with Crippen LogP contribution in [0.15, 0.2) is 54.6 Å². The third-order valence-electron chi connectivity index (χ3n) is 7.38. The summed E-state index contributed by atoms with van der Waals surface area (Å²) < 4.78 is 38.2. The molecule has 0 bridgehead atoms. The number of carbonyl (C=O) groups excluding carboxylic acids is 1. The van der Waals surface area contributed by atoms with Crippen LogP contribution in [0.3, 0.4) is 0 Å². The first-order valence-electron chi connectivity index (χ1n) is 12.5. The normalized spacial score (nSPS) is 24.4. The SMILES string of the molecule is COc1ccc(CN([C@H]2CC(=O)N(C(=O)O)[C@H]2COC2CCC(c3ccccc3)CC2)S(C)(=O)=O)cc1. The molecule has 1 saturated carbocycles. The number of hydrogen-bond donors (Lipinski definition) is 1. The lowest BCUT2D eigenvalue weighted by Gasteiger charge is -2.34. The van der Waals surface area contributed by atoms with E-state index in [1.54, 1.807) is 31.4 Å². The zero-order valence-electron chi connectivity index (χ0n) is 21.2. The standard InChI is InChI=1S/C27H34N2O7S/c1-35-22-12-8-19(9-13-22)17-28(37(2,33)34)24-16-26(30)29(27(31)32)25(24)18-36-23-14-10-21(11-15-23)20-6-4-3-5-7-20/h3-9,12-13,21,23-25H,10-11,14-18H2,1-2H3,(H,31,32)/t21?,23?,24-,25-/m0/s1. The summed E-state index contributed by atoms with van der Waals surface area (Å²) in [7, 11) is -2.23. The van der Waals surface area contributed by atoms with Crippen LogP contribution in [-0.2, 0) is 26.1 Å². The second-order valence-electron chi connectivity index (χ2n) is 9.76. The Hall–Kier alpha value is -2.95. The minimum atomic E-state index is -3.77. The lowest BCUT2D eigenvalue weighted by molar-refractivity contribution is -0.127. The highest BCUT2D eigenvalue weighted by Gasteiger charge is 2.48. The number of ether oxygens (including phenoxy) is 2. The van der Waals surface area contributed by atoms with Crippen LogP contribution in [0.4, 0.5) is 4.79 Å². The topological polar surface area (TPSA) is 113 Å².